The molecule has 2 aromatic carbocycles. The van der Waals surface area contributed by atoms with Crippen LogP contribution in [-0.4, -0.2) is 112 Å². The normalized spacial score (nSPS) is 22.7. The first-order valence-corrected chi connectivity index (χ1v) is 20.0. The van der Waals surface area contributed by atoms with Crippen LogP contribution >= 0.6 is 11.6 Å². The zero-order chi connectivity index (χ0) is 41.5. The number of nitriles is 1. The molecule has 3 aromatic rings. The van der Waals surface area contributed by atoms with E-state index in [0.29, 0.717) is 23.7 Å². The molecule has 5 amide bonds. The van der Waals surface area contributed by atoms with Crippen molar-refractivity contribution in [3.63, 3.8) is 0 Å². The Morgan fingerprint density at radius 2 is 1.59 bits per heavy atom. The van der Waals surface area contributed by atoms with E-state index >= 15 is 0 Å². The molecule has 3 fully saturated rings. The molecule has 0 radical (unpaired) electrons. The lowest BCUT2D eigenvalue weighted by atomic mass is 9.48. The Balaban J connectivity index is 0.907. The summed E-state index contributed by atoms with van der Waals surface area (Å²) < 4.78 is 12.4. The Morgan fingerprint density at radius 3 is 2.24 bits per heavy atom. The summed E-state index contributed by atoms with van der Waals surface area (Å²) in [6.45, 7) is 12.5. The van der Waals surface area contributed by atoms with Crippen molar-refractivity contribution in [2.24, 2.45) is 16.6 Å². The van der Waals surface area contributed by atoms with Gasteiger partial charge in [0.2, 0.25) is 5.91 Å². The van der Waals surface area contributed by atoms with Crippen molar-refractivity contribution >= 4 is 47.0 Å². The molecule has 2 N–H and O–H groups in total. The second-order valence-electron chi connectivity index (χ2n) is 16.5. The summed E-state index contributed by atoms with van der Waals surface area (Å²) in [5.41, 5.74) is 4.68. The molecule has 1 aromatic heterocycles. The quantitative estimate of drug-likeness (QED) is 0.189. The minimum absolute atomic E-state index is 0.00293. The number of aromatic nitrogens is 2. The maximum absolute atomic E-state index is 14.3. The number of imide groups is 2. The topological polar surface area (TPSA) is 192 Å². The predicted molar refractivity (Wildman–Crippen MR) is 212 cm³/mol. The molecule has 3 aliphatic heterocycles. The van der Waals surface area contributed by atoms with E-state index in [1.165, 1.54) is 4.90 Å². The number of amides is 5. The molecule has 4 aliphatic rings. The molecule has 0 spiro atoms. The van der Waals surface area contributed by atoms with Crippen molar-refractivity contribution in [1.82, 2.24) is 24.9 Å². The minimum Gasteiger partial charge on any atom is -0.494 e. The van der Waals surface area contributed by atoms with Gasteiger partial charge < -0.3 is 20.1 Å². The van der Waals surface area contributed by atoms with Crippen molar-refractivity contribution in [2.45, 2.75) is 78.0 Å². The second-order valence-corrected chi connectivity index (χ2v) is 16.9. The van der Waals surface area contributed by atoms with Crippen LogP contribution in [0.1, 0.15) is 96.6 Å². The highest BCUT2D eigenvalue weighted by Gasteiger charge is 2.68. The number of benzene rings is 2. The lowest BCUT2D eigenvalue weighted by Gasteiger charge is -2.65. The maximum atomic E-state index is 14.3. The van der Waals surface area contributed by atoms with Gasteiger partial charge in [-0.25, -0.2) is 0 Å². The van der Waals surface area contributed by atoms with Crippen LogP contribution in [0.25, 0.3) is 0 Å². The molecule has 304 valence electrons. The van der Waals surface area contributed by atoms with Crippen LogP contribution in [0.2, 0.25) is 5.02 Å². The Hall–Kier alpha value is -5.59. The van der Waals surface area contributed by atoms with E-state index in [1.54, 1.807) is 48.5 Å². The SMILES string of the molecule is CC1(C)C(Oc2ccc(C#N)c(Cl)c2)C(C)(C)C1N1C(=O)CCC(N2C(=O)c3ccc(OCCCCCN4CCN(c5ccc(C(N)=O)nn5)CC4)cc3C2=O)C1=O. The molecule has 1 aliphatic carbocycles. The fourth-order valence-corrected chi connectivity index (χ4v) is 9.63. The van der Waals surface area contributed by atoms with Gasteiger partial charge in [-0.1, -0.05) is 39.3 Å². The summed E-state index contributed by atoms with van der Waals surface area (Å²) in [5, 5.41) is 17.5. The Bertz CT molecular complexity index is 2160. The zero-order valence-corrected chi connectivity index (χ0v) is 33.8. The van der Waals surface area contributed by atoms with E-state index in [2.05, 4.69) is 20.0 Å². The fraction of sp³-hybridized carbons (Fsp3) is 0.476. The number of nitrogens with zero attached hydrogens (tertiary/aromatic N) is 7. The standard InChI is InChI=1S/C42H47ClN8O7/c1-41(2)39(42(3,4)40(41)58-27-9-8-25(24-44)30(43)23-27)51-34(52)15-13-32(38(51)56)50-36(54)28-11-10-26(22-29(28)37(50)55)57-21-7-5-6-16-48-17-19-49(20-18-48)33-14-12-31(35(45)53)46-47-33/h8-12,14,22-23,32,39-40H,5-7,13,15-21H2,1-4H3,(H2,45,53). The van der Waals surface area contributed by atoms with Crippen molar-refractivity contribution in [1.29, 1.82) is 5.26 Å². The molecule has 2 saturated heterocycles. The van der Waals surface area contributed by atoms with Crippen LogP contribution in [0.15, 0.2) is 48.5 Å². The third-order valence-corrected chi connectivity index (χ3v) is 12.3. The van der Waals surface area contributed by atoms with E-state index in [0.717, 1.165) is 62.7 Å². The highest BCUT2D eigenvalue weighted by molar-refractivity contribution is 6.31. The number of carbonyl (C=O) groups excluding carboxylic acids is 5. The van der Waals surface area contributed by atoms with Crippen LogP contribution in [0, 0.1) is 22.2 Å². The molecule has 0 bridgehead atoms. The first kappa shape index (κ1) is 40.6. The van der Waals surface area contributed by atoms with Crippen molar-refractivity contribution in [3.05, 3.63) is 75.9 Å². The number of anilines is 1. The summed E-state index contributed by atoms with van der Waals surface area (Å²) in [6, 6.07) is 13.3. The molecule has 7 rings (SSSR count). The molecular formula is C42H47ClN8O7. The Morgan fingerprint density at radius 1 is 0.879 bits per heavy atom. The van der Waals surface area contributed by atoms with Crippen LogP contribution in [0.5, 0.6) is 11.5 Å². The van der Waals surface area contributed by atoms with Gasteiger partial charge in [0.05, 0.1) is 34.4 Å². The van der Waals surface area contributed by atoms with Gasteiger partial charge >= 0.3 is 0 Å². The van der Waals surface area contributed by atoms with Crippen molar-refractivity contribution in [2.75, 3.05) is 44.2 Å². The van der Waals surface area contributed by atoms with Crippen LogP contribution in [0.3, 0.4) is 0 Å². The largest absolute Gasteiger partial charge is 0.494 e. The number of carbonyl (C=O) groups is 5. The van der Waals surface area contributed by atoms with Gasteiger partial charge in [0.25, 0.3) is 23.6 Å². The third-order valence-electron chi connectivity index (χ3n) is 11.9. The summed E-state index contributed by atoms with van der Waals surface area (Å²) in [7, 11) is 0. The Kier molecular flexibility index (Phi) is 11.2. The number of hydrogen-bond acceptors (Lipinski definition) is 12. The molecule has 1 saturated carbocycles. The van der Waals surface area contributed by atoms with E-state index in [-0.39, 0.29) is 40.6 Å². The number of likely N-dealkylation sites (tertiary alicyclic amines) is 1. The summed E-state index contributed by atoms with van der Waals surface area (Å²) >= 11 is 6.26. The van der Waals surface area contributed by atoms with E-state index in [9.17, 15) is 29.2 Å². The third kappa shape index (κ3) is 7.46. The van der Waals surface area contributed by atoms with Gasteiger partial charge in [-0.3, -0.25) is 38.7 Å². The summed E-state index contributed by atoms with van der Waals surface area (Å²) in [6.07, 6.45) is 2.34. The highest BCUT2D eigenvalue weighted by Crippen LogP contribution is 2.58. The average Bonchev–Trinajstić information content (AvgIpc) is 3.44. The van der Waals surface area contributed by atoms with E-state index in [4.69, 9.17) is 26.8 Å². The number of halogens is 1. The van der Waals surface area contributed by atoms with E-state index < -0.39 is 52.6 Å². The number of hydrogen-bond donors (Lipinski definition) is 1. The number of ether oxygens (including phenoxy) is 2. The molecule has 1 unspecified atom stereocenters. The van der Waals surface area contributed by atoms with Gasteiger partial charge in [-0.05, 0) is 74.7 Å². The average molecular weight is 811 g/mol. The number of rotatable bonds is 13. The highest BCUT2D eigenvalue weighted by atomic mass is 35.5. The van der Waals surface area contributed by atoms with Crippen LogP contribution in [0.4, 0.5) is 5.82 Å². The fourth-order valence-electron chi connectivity index (χ4n) is 9.41. The maximum Gasteiger partial charge on any atom is 0.269 e. The monoisotopic (exact) mass is 810 g/mol. The van der Waals surface area contributed by atoms with Gasteiger partial charge in [0, 0.05) is 49.5 Å². The molecule has 4 heterocycles. The molecular weight excluding hydrogens is 764 g/mol. The lowest BCUT2D eigenvalue weighted by molar-refractivity contribution is -0.216. The number of nitrogens with two attached hydrogens (primary N) is 1. The first-order chi connectivity index (χ1) is 27.6. The van der Waals surface area contributed by atoms with Gasteiger partial charge in [-0.2, -0.15) is 5.26 Å². The van der Waals surface area contributed by atoms with Crippen molar-refractivity contribution in [3.8, 4) is 17.6 Å². The molecule has 58 heavy (non-hydrogen) atoms. The minimum atomic E-state index is -1.13. The molecule has 1 atom stereocenters. The first-order valence-electron chi connectivity index (χ1n) is 19.6. The Labute approximate surface area is 342 Å². The smallest absolute Gasteiger partial charge is 0.269 e. The van der Waals surface area contributed by atoms with Crippen LogP contribution in [-0.2, 0) is 9.59 Å². The zero-order valence-electron chi connectivity index (χ0n) is 33.1. The number of fused-ring (bicyclic) bond motifs is 1. The molecule has 15 nitrogen and oxygen atoms in total. The molecule has 16 heteroatoms. The number of piperidine rings is 1. The predicted octanol–water partition coefficient (Wildman–Crippen LogP) is 4.47. The van der Waals surface area contributed by atoms with Gasteiger partial charge in [-0.15, -0.1) is 10.2 Å². The van der Waals surface area contributed by atoms with Gasteiger partial charge in [0.15, 0.2) is 11.5 Å². The number of unbranched alkanes of at least 4 members (excludes halogenated alkanes) is 2. The van der Waals surface area contributed by atoms with Gasteiger partial charge in [0.1, 0.15) is 29.7 Å². The number of primary amides is 1. The van der Waals surface area contributed by atoms with Crippen molar-refractivity contribution < 1.29 is 33.4 Å². The summed E-state index contributed by atoms with van der Waals surface area (Å²) in [4.78, 5) is 73.4. The van der Waals surface area contributed by atoms with E-state index in [1.807, 2.05) is 33.8 Å². The summed E-state index contributed by atoms with van der Waals surface area (Å²) in [5.74, 6) is -1.05. The number of piperazine rings is 1. The lowest BCUT2D eigenvalue weighted by Crippen LogP contribution is -2.77. The second kappa shape index (κ2) is 16.0. The van der Waals surface area contributed by atoms with Crippen LogP contribution < -0.4 is 20.1 Å².